The fourth-order valence-electron chi connectivity index (χ4n) is 2.98. The Balaban J connectivity index is 2.79. The van der Waals surface area contributed by atoms with E-state index in [2.05, 4.69) is 20.8 Å². The van der Waals surface area contributed by atoms with Crippen LogP contribution in [-0.4, -0.2) is 19.4 Å². The lowest BCUT2D eigenvalue weighted by Crippen LogP contribution is -2.36. The molecule has 1 rings (SSSR count). The number of hydrogen-bond donors (Lipinski definition) is 0. The van der Waals surface area contributed by atoms with Crippen molar-refractivity contribution in [1.82, 2.24) is 0 Å². The molecule has 0 aromatic heterocycles. The molecule has 1 aliphatic carbocycles. The van der Waals surface area contributed by atoms with Crippen molar-refractivity contribution in [3.63, 3.8) is 0 Å². The lowest BCUT2D eigenvalue weighted by Gasteiger charge is -2.38. The van der Waals surface area contributed by atoms with Crippen LogP contribution in [0.25, 0.3) is 0 Å². The normalized spacial score (nSPS) is 31.5. The maximum Gasteiger partial charge on any atom is 0.153 e. The van der Waals surface area contributed by atoms with Crippen LogP contribution in [0.3, 0.4) is 0 Å². The average Bonchev–Trinajstić information content (AvgIpc) is 1.99. The maximum absolute atomic E-state index is 12.0. The highest BCUT2D eigenvalue weighted by molar-refractivity contribution is 7.92. The van der Waals surface area contributed by atoms with Gasteiger partial charge in [0.15, 0.2) is 9.84 Å². The van der Waals surface area contributed by atoms with Gasteiger partial charge in [0.2, 0.25) is 0 Å². The van der Waals surface area contributed by atoms with Crippen LogP contribution >= 0.6 is 0 Å². The third-order valence-corrected chi connectivity index (χ3v) is 5.70. The van der Waals surface area contributed by atoms with Gasteiger partial charge in [0, 0.05) is 0 Å². The minimum atomic E-state index is -2.84. The molecule has 0 radical (unpaired) electrons. The molecular formula is C12H24O2S. The van der Waals surface area contributed by atoms with E-state index in [9.17, 15) is 8.42 Å². The lowest BCUT2D eigenvalue weighted by atomic mass is 9.73. The average molecular weight is 232 g/mol. The summed E-state index contributed by atoms with van der Waals surface area (Å²) in [4.78, 5) is 0. The zero-order valence-corrected chi connectivity index (χ0v) is 11.2. The fourth-order valence-corrected chi connectivity index (χ4v) is 5.21. The van der Waals surface area contributed by atoms with Gasteiger partial charge in [-0.15, -0.1) is 0 Å². The first-order valence-corrected chi connectivity index (χ1v) is 7.70. The van der Waals surface area contributed by atoms with Gasteiger partial charge >= 0.3 is 0 Å². The van der Waals surface area contributed by atoms with Crippen molar-refractivity contribution in [3.8, 4) is 0 Å². The third-order valence-electron chi connectivity index (χ3n) is 3.34. The predicted octanol–water partition coefficient (Wildman–Crippen LogP) is 3.03. The summed E-state index contributed by atoms with van der Waals surface area (Å²) in [6, 6.07) is 0. The van der Waals surface area contributed by atoms with Gasteiger partial charge in [-0.25, -0.2) is 8.42 Å². The highest BCUT2D eigenvalue weighted by Gasteiger charge is 2.37. The standard InChI is InChI=1S/C12H24O2S/c1-5-6-15(13,14)11-7-10(2)8-12(3,4)9-11/h10-11H,5-9H2,1-4H3. The van der Waals surface area contributed by atoms with E-state index >= 15 is 0 Å². The SMILES string of the molecule is CCCS(=O)(=O)C1CC(C)CC(C)(C)C1. The summed E-state index contributed by atoms with van der Waals surface area (Å²) in [5.41, 5.74) is 0.198. The summed E-state index contributed by atoms with van der Waals surface area (Å²) in [6.07, 6.45) is 3.62. The Morgan fingerprint density at radius 2 is 1.87 bits per heavy atom. The zero-order valence-electron chi connectivity index (χ0n) is 10.4. The molecule has 0 N–H and O–H groups in total. The topological polar surface area (TPSA) is 34.1 Å². The first kappa shape index (κ1) is 13.0. The maximum atomic E-state index is 12.0. The summed E-state index contributed by atoms with van der Waals surface area (Å²) in [7, 11) is -2.84. The van der Waals surface area contributed by atoms with Gasteiger partial charge in [-0.2, -0.15) is 0 Å². The summed E-state index contributed by atoms with van der Waals surface area (Å²) >= 11 is 0. The van der Waals surface area contributed by atoms with E-state index < -0.39 is 9.84 Å². The molecule has 2 nitrogen and oxygen atoms in total. The van der Waals surface area contributed by atoms with Crippen LogP contribution in [0.15, 0.2) is 0 Å². The molecule has 1 fully saturated rings. The Hall–Kier alpha value is -0.0500. The van der Waals surface area contributed by atoms with Crippen LogP contribution in [0.4, 0.5) is 0 Å². The summed E-state index contributed by atoms with van der Waals surface area (Å²) in [5, 5.41) is -0.0869. The van der Waals surface area contributed by atoms with Gasteiger partial charge in [0.25, 0.3) is 0 Å². The number of rotatable bonds is 3. The molecule has 0 amide bonds. The van der Waals surface area contributed by atoms with E-state index in [0.717, 1.165) is 25.7 Å². The molecule has 0 aromatic rings. The molecular weight excluding hydrogens is 208 g/mol. The summed E-state index contributed by atoms with van der Waals surface area (Å²) in [6.45, 7) is 8.50. The number of hydrogen-bond acceptors (Lipinski definition) is 2. The van der Waals surface area contributed by atoms with E-state index in [4.69, 9.17) is 0 Å². The van der Waals surface area contributed by atoms with Crippen LogP contribution < -0.4 is 0 Å². The molecule has 0 heterocycles. The van der Waals surface area contributed by atoms with E-state index in [-0.39, 0.29) is 10.7 Å². The Morgan fingerprint density at radius 3 is 2.33 bits per heavy atom. The molecule has 15 heavy (non-hydrogen) atoms. The van der Waals surface area contributed by atoms with Crippen molar-refractivity contribution in [2.75, 3.05) is 5.75 Å². The highest BCUT2D eigenvalue weighted by Crippen LogP contribution is 2.41. The van der Waals surface area contributed by atoms with Gasteiger partial charge in [0.1, 0.15) is 0 Å². The molecule has 2 unspecified atom stereocenters. The van der Waals surface area contributed by atoms with Gasteiger partial charge in [-0.3, -0.25) is 0 Å². The van der Waals surface area contributed by atoms with Crippen LogP contribution in [-0.2, 0) is 9.84 Å². The van der Waals surface area contributed by atoms with Crippen LogP contribution in [0.2, 0.25) is 0 Å². The largest absolute Gasteiger partial charge is 0.229 e. The van der Waals surface area contributed by atoms with Crippen LogP contribution in [0.1, 0.15) is 53.4 Å². The minimum Gasteiger partial charge on any atom is -0.229 e. The Morgan fingerprint density at radius 1 is 1.27 bits per heavy atom. The number of sulfone groups is 1. The molecule has 0 spiro atoms. The van der Waals surface area contributed by atoms with Gasteiger partial charge in [0.05, 0.1) is 11.0 Å². The second-order valence-electron chi connectivity index (χ2n) is 5.90. The van der Waals surface area contributed by atoms with Crippen molar-refractivity contribution in [1.29, 1.82) is 0 Å². The fraction of sp³-hybridized carbons (Fsp3) is 1.00. The van der Waals surface area contributed by atoms with Gasteiger partial charge in [-0.05, 0) is 37.0 Å². The minimum absolute atomic E-state index is 0.0869. The molecule has 0 aliphatic heterocycles. The molecule has 0 aromatic carbocycles. The Labute approximate surface area is 94.4 Å². The summed E-state index contributed by atoms with van der Waals surface area (Å²) < 4.78 is 24.0. The van der Waals surface area contributed by atoms with E-state index in [1.54, 1.807) is 0 Å². The molecule has 0 saturated heterocycles. The van der Waals surface area contributed by atoms with Gasteiger partial charge in [-0.1, -0.05) is 27.7 Å². The van der Waals surface area contributed by atoms with Crippen LogP contribution in [0, 0.1) is 11.3 Å². The lowest BCUT2D eigenvalue weighted by molar-refractivity contribution is 0.193. The van der Waals surface area contributed by atoms with Gasteiger partial charge < -0.3 is 0 Å². The molecule has 90 valence electrons. The zero-order chi connectivity index (χ0) is 11.7. The Bertz CT molecular complexity index is 304. The molecule has 0 bridgehead atoms. The second-order valence-corrected chi connectivity index (χ2v) is 8.30. The highest BCUT2D eigenvalue weighted by atomic mass is 32.2. The van der Waals surface area contributed by atoms with E-state index in [1.165, 1.54) is 0 Å². The quantitative estimate of drug-likeness (QED) is 0.749. The molecule has 3 heteroatoms. The molecule has 2 atom stereocenters. The first-order chi connectivity index (χ1) is 6.77. The van der Waals surface area contributed by atoms with E-state index in [0.29, 0.717) is 11.7 Å². The smallest absolute Gasteiger partial charge is 0.153 e. The van der Waals surface area contributed by atoms with Crippen molar-refractivity contribution >= 4 is 9.84 Å². The monoisotopic (exact) mass is 232 g/mol. The van der Waals surface area contributed by atoms with Crippen LogP contribution in [0.5, 0.6) is 0 Å². The first-order valence-electron chi connectivity index (χ1n) is 5.98. The Kier molecular flexibility index (Phi) is 3.85. The second kappa shape index (κ2) is 4.44. The molecule has 1 saturated carbocycles. The predicted molar refractivity (Wildman–Crippen MR) is 64.7 cm³/mol. The van der Waals surface area contributed by atoms with Crippen molar-refractivity contribution in [3.05, 3.63) is 0 Å². The third kappa shape index (κ3) is 3.47. The van der Waals surface area contributed by atoms with Crippen molar-refractivity contribution < 1.29 is 8.42 Å². The van der Waals surface area contributed by atoms with Crippen molar-refractivity contribution in [2.24, 2.45) is 11.3 Å². The molecule has 1 aliphatic rings. The summed E-state index contributed by atoms with van der Waals surface area (Å²) in [5.74, 6) is 0.908. The van der Waals surface area contributed by atoms with E-state index in [1.807, 2.05) is 6.92 Å². The van der Waals surface area contributed by atoms with Crippen molar-refractivity contribution in [2.45, 2.75) is 58.6 Å².